The summed E-state index contributed by atoms with van der Waals surface area (Å²) in [4.78, 5) is 13.8. The molecular weight excluding hydrogens is 402 g/mol. The van der Waals surface area contributed by atoms with Crippen LogP contribution >= 0.6 is 23.2 Å². The minimum atomic E-state index is -4.25. The maximum Gasteiger partial charge on any atom is 0.264 e. The highest BCUT2D eigenvalue weighted by atomic mass is 35.5. The molecule has 2 aromatic rings. The van der Waals surface area contributed by atoms with Gasteiger partial charge in [-0.2, -0.15) is 0 Å². The molecular formula is C17H15Cl2FN2O3S. The summed E-state index contributed by atoms with van der Waals surface area (Å²) in [6.07, 6.45) is 1.78. The van der Waals surface area contributed by atoms with Crippen molar-refractivity contribution >= 4 is 44.8 Å². The highest BCUT2D eigenvalue weighted by molar-refractivity contribution is 7.92. The Hall–Kier alpha value is -1.83. The van der Waals surface area contributed by atoms with Crippen molar-refractivity contribution < 1.29 is 17.6 Å². The largest absolute Gasteiger partial charge is 0.339 e. The molecule has 0 radical (unpaired) electrons. The molecule has 1 aliphatic heterocycles. The van der Waals surface area contributed by atoms with Gasteiger partial charge in [-0.05, 0) is 49.2 Å². The number of anilines is 1. The van der Waals surface area contributed by atoms with Gasteiger partial charge in [-0.15, -0.1) is 0 Å². The molecule has 0 spiro atoms. The minimum absolute atomic E-state index is 0.0423. The van der Waals surface area contributed by atoms with Gasteiger partial charge in [0, 0.05) is 23.1 Å². The van der Waals surface area contributed by atoms with E-state index in [-0.39, 0.29) is 22.2 Å². The second kappa shape index (κ2) is 7.42. The topological polar surface area (TPSA) is 66.5 Å². The first kappa shape index (κ1) is 18.9. The van der Waals surface area contributed by atoms with E-state index in [0.29, 0.717) is 18.1 Å². The molecule has 0 atom stereocenters. The van der Waals surface area contributed by atoms with E-state index in [1.807, 2.05) is 0 Å². The number of nitrogens with one attached hydrogen (secondary N) is 1. The predicted molar refractivity (Wildman–Crippen MR) is 98.8 cm³/mol. The Morgan fingerprint density at radius 1 is 1.04 bits per heavy atom. The first-order valence-corrected chi connectivity index (χ1v) is 10.1. The lowest BCUT2D eigenvalue weighted by atomic mass is 10.1. The molecule has 1 saturated heterocycles. The average Bonchev–Trinajstić information content (AvgIpc) is 3.09. The van der Waals surface area contributed by atoms with E-state index in [1.165, 1.54) is 24.3 Å². The van der Waals surface area contributed by atoms with E-state index >= 15 is 0 Å². The summed E-state index contributed by atoms with van der Waals surface area (Å²) in [5, 5.41) is 0.381. The van der Waals surface area contributed by atoms with Gasteiger partial charge in [0.1, 0.15) is 10.7 Å². The number of carbonyl (C=O) groups is 1. The number of benzene rings is 2. The summed E-state index contributed by atoms with van der Waals surface area (Å²) in [5.74, 6) is -1.30. The maximum atomic E-state index is 14.0. The van der Waals surface area contributed by atoms with Crippen LogP contribution in [0.5, 0.6) is 0 Å². The summed E-state index contributed by atoms with van der Waals surface area (Å²) in [6.45, 7) is 1.20. The molecule has 0 aliphatic carbocycles. The molecule has 26 heavy (non-hydrogen) atoms. The SMILES string of the molecule is O=C(c1cc(Cl)ccc1NS(=O)(=O)c1ccc(Cl)cc1F)N1CCCC1. The van der Waals surface area contributed by atoms with Crippen LogP contribution in [0, 0.1) is 5.82 Å². The highest BCUT2D eigenvalue weighted by Gasteiger charge is 2.26. The fourth-order valence-electron chi connectivity index (χ4n) is 2.77. The van der Waals surface area contributed by atoms with Gasteiger partial charge in [-0.1, -0.05) is 23.2 Å². The summed E-state index contributed by atoms with van der Waals surface area (Å²) in [7, 11) is -4.25. The molecule has 0 aromatic heterocycles. The third-order valence-corrected chi connectivity index (χ3v) is 5.90. The summed E-state index contributed by atoms with van der Waals surface area (Å²) in [6, 6.07) is 7.50. The maximum absolute atomic E-state index is 14.0. The van der Waals surface area contributed by atoms with Gasteiger partial charge in [0.25, 0.3) is 15.9 Å². The zero-order valence-electron chi connectivity index (χ0n) is 13.5. The first-order chi connectivity index (χ1) is 12.3. The normalized spacial score (nSPS) is 14.5. The molecule has 1 amide bonds. The van der Waals surface area contributed by atoms with Crippen LogP contribution in [0.25, 0.3) is 0 Å². The first-order valence-electron chi connectivity index (χ1n) is 7.84. The van der Waals surface area contributed by atoms with Gasteiger partial charge < -0.3 is 4.90 Å². The molecule has 138 valence electrons. The van der Waals surface area contributed by atoms with Gasteiger partial charge in [-0.25, -0.2) is 12.8 Å². The van der Waals surface area contributed by atoms with Crippen LogP contribution in [0.4, 0.5) is 10.1 Å². The Balaban J connectivity index is 1.97. The predicted octanol–water partition coefficient (Wildman–Crippen LogP) is 4.17. The zero-order valence-corrected chi connectivity index (χ0v) is 15.8. The third-order valence-electron chi connectivity index (χ3n) is 4.03. The van der Waals surface area contributed by atoms with Crippen molar-refractivity contribution in [1.82, 2.24) is 4.90 Å². The summed E-state index contributed by atoms with van der Waals surface area (Å²) >= 11 is 11.6. The number of rotatable bonds is 4. The number of likely N-dealkylation sites (tertiary alicyclic amines) is 1. The number of carbonyl (C=O) groups excluding carboxylic acids is 1. The van der Waals surface area contributed by atoms with Gasteiger partial charge in [0.05, 0.1) is 11.3 Å². The van der Waals surface area contributed by atoms with Crippen LogP contribution in [0.3, 0.4) is 0 Å². The second-order valence-corrected chi connectivity index (χ2v) is 8.39. The fourth-order valence-corrected chi connectivity index (χ4v) is 4.24. The average molecular weight is 417 g/mol. The molecule has 1 aliphatic rings. The van der Waals surface area contributed by atoms with Crippen LogP contribution in [-0.2, 0) is 10.0 Å². The molecule has 2 aromatic carbocycles. The second-order valence-electron chi connectivity index (χ2n) is 5.87. The fraction of sp³-hybridized carbons (Fsp3) is 0.235. The van der Waals surface area contributed by atoms with Crippen LogP contribution in [0.2, 0.25) is 10.0 Å². The third kappa shape index (κ3) is 3.95. The molecule has 1 fully saturated rings. The quantitative estimate of drug-likeness (QED) is 0.812. The summed E-state index contributed by atoms with van der Waals surface area (Å²) in [5.41, 5.74) is 0.165. The minimum Gasteiger partial charge on any atom is -0.339 e. The van der Waals surface area contributed by atoms with E-state index in [2.05, 4.69) is 4.72 Å². The zero-order chi connectivity index (χ0) is 18.9. The van der Waals surface area contributed by atoms with Crippen molar-refractivity contribution in [2.75, 3.05) is 17.8 Å². The Labute approximate surface area is 160 Å². The molecule has 5 nitrogen and oxygen atoms in total. The molecule has 1 N–H and O–H groups in total. The van der Waals surface area contributed by atoms with E-state index in [4.69, 9.17) is 23.2 Å². The molecule has 0 bridgehead atoms. The Morgan fingerprint density at radius 3 is 2.31 bits per heavy atom. The number of amides is 1. The lowest BCUT2D eigenvalue weighted by molar-refractivity contribution is 0.0794. The van der Waals surface area contributed by atoms with Gasteiger partial charge >= 0.3 is 0 Å². The molecule has 0 unspecified atom stereocenters. The standard InChI is InChI=1S/C17H15Cl2FN2O3S/c18-11-3-5-15(13(9-11)17(23)22-7-1-2-8-22)21-26(24,25)16-6-4-12(19)10-14(16)20/h3-6,9-10,21H,1-2,7-8H2. The van der Waals surface area contributed by atoms with Gasteiger partial charge in [-0.3, -0.25) is 9.52 Å². The smallest absolute Gasteiger partial charge is 0.264 e. The molecule has 1 heterocycles. The Bertz CT molecular complexity index is 960. The van der Waals surface area contributed by atoms with Crippen molar-refractivity contribution in [2.45, 2.75) is 17.7 Å². The van der Waals surface area contributed by atoms with E-state index in [1.54, 1.807) is 4.90 Å². The lowest BCUT2D eigenvalue weighted by Gasteiger charge is -2.19. The Morgan fingerprint density at radius 2 is 1.65 bits per heavy atom. The number of hydrogen-bond donors (Lipinski definition) is 1. The van der Waals surface area contributed by atoms with Gasteiger partial charge in [0.2, 0.25) is 0 Å². The van der Waals surface area contributed by atoms with Crippen LogP contribution < -0.4 is 4.72 Å². The molecule has 3 rings (SSSR count). The van der Waals surface area contributed by atoms with Crippen molar-refractivity contribution in [1.29, 1.82) is 0 Å². The van der Waals surface area contributed by atoms with Crippen LogP contribution in [0.1, 0.15) is 23.2 Å². The van der Waals surface area contributed by atoms with Crippen molar-refractivity contribution in [3.63, 3.8) is 0 Å². The van der Waals surface area contributed by atoms with Crippen molar-refractivity contribution in [3.8, 4) is 0 Å². The molecule has 9 heteroatoms. The summed E-state index contributed by atoms with van der Waals surface area (Å²) < 4.78 is 41.4. The van der Waals surface area contributed by atoms with Crippen LogP contribution in [0.15, 0.2) is 41.3 Å². The number of nitrogens with zero attached hydrogens (tertiary/aromatic N) is 1. The van der Waals surface area contributed by atoms with E-state index in [0.717, 1.165) is 25.0 Å². The number of hydrogen-bond acceptors (Lipinski definition) is 3. The number of halogens is 3. The van der Waals surface area contributed by atoms with Gasteiger partial charge in [0.15, 0.2) is 0 Å². The van der Waals surface area contributed by atoms with Crippen molar-refractivity contribution in [2.24, 2.45) is 0 Å². The van der Waals surface area contributed by atoms with Crippen molar-refractivity contribution in [3.05, 3.63) is 57.8 Å². The van der Waals surface area contributed by atoms with E-state index in [9.17, 15) is 17.6 Å². The number of sulfonamides is 1. The Kier molecular flexibility index (Phi) is 5.41. The van der Waals surface area contributed by atoms with E-state index < -0.39 is 20.7 Å². The lowest BCUT2D eigenvalue weighted by Crippen LogP contribution is -2.29. The monoisotopic (exact) mass is 416 g/mol. The molecule has 0 saturated carbocycles. The van der Waals surface area contributed by atoms with Crippen LogP contribution in [-0.4, -0.2) is 32.3 Å². The highest BCUT2D eigenvalue weighted by Crippen LogP contribution is 2.27.